The monoisotopic (exact) mass is 314 g/mol. The van der Waals surface area contributed by atoms with Crippen LogP contribution in [0.4, 0.5) is 0 Å². The maximum absolute atomic E-state index is 11.6. The van der Waals surface area contributed by atoms with Crippen molar-refractivity contribution in [1.29, 1.82) is 0 Å². The number of nitrogens with one attached hydrogen (secondary N) is 2. The maximum Gasteiger partial charge on any atom is 0.309 e. The lowest BCUT2D eigenvalue weighted by atomic mass is 10.2. The van der Waals surface area contributed by atoms with Crippen molar-refractivity contribution < 1.29 is 9.59 Å². The molecule has 0 saturated carbocycles. The van der Waals surface area contributed by atoms with Gasteiger partial charge in [-0.1, -0.05) is 37.3 Å². The molecule has 2 rings (SSSR count). The van der Waals surface area contributed by atoms with Gasteiger partial charge in [0.15, 0.2) is 0 Å². The topological polar surface area (TPSA) is 76.0 Å². The first-order valence-electron chi connectivity index (χ1n) is 7.85. The van der Waals surface area contributed by atoms with E-state index in [1.165, 1.54) is 0 Å². The van der Waals surface area contributed by atoms with Crippen molar-refractivity contribution in [2.24, 2.45) is 0 Å². The average molecular weight is 314 g/mol. The number of hydrogen-bond donors (Lipinski definition) is 2. The molecular formula is C17H22N4O2. The molecule has 0 aliphatic carbocycles. The molecule has 1 heterocycles. The second kappa shape index (κ2) is 8.73. The Morgan fingerprint density at radius 2 is 1.78 bits per heavy atom. The number of carbonyl (C=O) groups is 2. The van der Waals surface area contributed by atoms with Crippen LogP contribution in [0.15, 0.2) is 42.7 Å². The lowest BCUT2D eigenvalue weighted by Crippen LogP contribution is -2.40. The third-order valence-electron chi connectivity index (χ3n) is 3.35. The highest BCUT2D eigenvalue weighted by molar-refractivity contribution is 6.35. The molecule has 0 aliphatic heterocycles. The van der Waals surface area contributed by atoms with Crippen molar-refractivity contribution in [3.8, 4) is 11.4 Å². The number of aromatic nitrogens is 2. The van der Waals surface area contributed by atoms with Gasteiger partial charge < -0.3 is 15.2 Å². The van der Waals surface area contributed by atoms with E-state index in [1.54, 1.807) is 6.20 Å². The van der Waals surface area contributed by atoms with Crippen molar-refractivity contribution >= 4 is 11.8 Å². The smallest absolute Gasteiger partial charge is 0.309 e. The third-order valence-corrected chi connectivity index (χ3v) is 3.35. The molecule has 0 unspecified atom stereocenters. The van der Waals surface area contributed by atoms with E-state index in [0.717, 1.165) is 30.8 Å². The van der Waals surface area contributed by atoms with Crippen LogP contribution in [0, 0.1) is 0 Å². The number of benzene rings is 1. The first-order chi connectivity index (χ1) is 11.2. The fourth-order valence-electron chi connectivity index (χ4n) is 2.19. The van der Waals surface area contributed by atoms with E-state index in [9.17, 15) is 9.59 Å². The highest BCUT2D eigenvalue weighted by atomic mass is 16.2. The molecule has 6 heteroatoms. The number of hydrogen-bond acceptors (Lipinski definition) is 3. The van der Waals surface area contributed by atoms with E-state index in [4.69, 9.17) is 0 Å². The molecule has 0 fully saturated rings. The molecule has 122 valence electrons. The van der Waals surface area contributed by atoms with Crippen molar-refractivity contribution in [3.05, 3.63) is 42.7 Å². The molecule has 2 N–H and O–H groups in total. The Bertz CT molecular complexity index is 637. The van der Waals surface area contributed by atoms with Crippen molar-refractivity contribution in [2.75, 3.05) is 13.1 Å². The maximum atomic E-state index is 11.6. The zero-order valence-electron chi connectivity index (χ0n) is 13.3. The summed E-state index contributed by atoms with van der Waals surface area (Å²) in [4.78, 5) is 27.4. The summed E-state index contributed by atoms with van der Waals surface area (Å²) in [6.45, 7) is 3.63. The Kier molecular flexibility index (Phi) is 6.35. The summed E-state index contributed by atoms with van der Waals surface area (Å²) in [6, 6.07) is 9.94. The number of nitrogens with zero attached hydrogens (tertiary/aromatic N) is 2. The second-order valence-electron chi connectivity index (χ2n) is 5.18. The van der Waals surface area contributed by atoms with Gasteiger partial charge in [-0.25, -0.2) is 4.98 Å². The van der Waals surface area contributed by atoms with Gasteiger partial charge in [0.05, 0.1) is 0 Å². The average Bonchev–Trinajstić information content (AvgIpc) is 3.05. The first kappa shape index (κ1) is 16.7. The molecule has 0 atom stereocenters. The van der Waals surface area contributed by atoms with Crippen LogP contribution >= 0.6 is 0 Å². The normalized spacial score (nSPS) is 10.3. The predicted octanol–water partition coefficient (Wildman–Crippen LogP) is 1.58. The molecule has 23 heavy (non-hydrogen) atoms. The fourth-order valence-corrected chi connectivity index (χ4v) is 2.19. The SMILES string of the molecule is CCCNC(=O)C(=O)NCCCn1ccnc1-c1ccccc1. The highest BCUT2D eigenvalue weighted by Crippen LogP contribution is 2.16. The number of aryl methyl sites for hydroxylation is 1. The highest BCUT2D eigenvalue weighted by Gasteiger charge is 2.11. The summed E-state index contributed by atoms with van der Waals surface area (Å²) in [5, 5.41) is 5.18. The van der Waals surface area contributed by atoms with E-state index in [2.05, 4.69) is 15.6 Å². The first-order valence-corrected chi connectivity index (χ1v) is 7.85. The molecule has 1 aromatic heterocycles. The van der Waals surface area contributed by atoms with Gasteiger partial charge in [0.25, 0.3) is 0 Å². The van der Waals surface area contributed by atoms with Gasteiger partial charge in [0.2, 0.25) is 0 Å². The minimum Gasteiger partial charge on any atom is -0.348 e. The van der Waals surface area contributed by atoms with E-state index in [0.29, 0.717) is 13.1 Å². The van der Waals surface area contributed by atoms with Crippen LogP contribution in [0.3, 0.4) is 0 Å². The van der Waals surface area contributed by atoms with Crippen molar-refractivity contribution in [1.82, 2.24) is 20.2 Å². The lowest BCUT2D eigenvalue weighted by Gasteiger charge is -2.09. The van der Waals surface area contributed by atoms with E-state index >= 15 is 0 Å². The van der Waals surface area contributed by atoms with Crippen LogP contribution < -0.4 is 10.6 Å². The van der Waals surface area contributed by atoms with Crippen LogP contribution in [0.2, 0.25) is 0 Å². The Labute approximate surface area is 135 Å². The summed E-state index contributed by atoms with van der Waals surface area (Å²) < 4.78 is 2.04. The quantitative estimate of drug-likeness (QED) is 0.602. The van der Waals surface area contributed by atoms with E-state index in [1.807, 2.05) is 48.0 Å². The van der Waals surface area contributed by atoms with Gasteiger partial charge in [-0.15, -0.1) is 0 Å². The summed E-state index contributed by atoms with van der Waals surface area (Å²) in [5.41, 5.74) is 1.06. The molecule has 0 spiro atoms. The zero-order chi connectivity index (χ0) is 16.5. The minimum absolute atomic E-state index is 0.449. The molecule has 6 nitrogen and oxygen atoms in total. The molecule has 0 aliphatic rings. The summed E-state index contributed by atoms with van der Waals surface area (Å²) in [5.74, 6) is -0.246. The fraction of sp³-hybridized carbons (Fsp3) is 0.353. The third kappa shape index (κ3) is 4.95. The molecule has 2 aromatic rings. The van der Waals surface area contributed by atoms with Gasteiger partial charge in [-0.2, -0.15) is 0 Å². The van der Waals surface area contributed by atoms with Crippen LogP contribution in [-0.4, -0.2) is 34.5 Å². The van der Waals surface area contributed by atoms with E-state index in [-0.39, 0.29) is 0 Å². The van der Waals surface area contributed by atoms with Crippen LogP contribution in [0.25, 0.3) is 11.4 Å². The molecular weight excluding hydrogens is 292 g/mol. The van der Waals surface area contributed by atoms with Crippen LogP contribution in [0.5, 0.6) is 0 Å². The largest absolute Gasteiger partial charge is 0.348 e. The Morgan fingerprint density at radius 3 is 2.48 bits per heavy atom. The van der Waals surface area contributed by atoms with Gasteiger partial charge in [-0.3, -0.25) is 9.59 Å². The number of carbonyl (C=O) groups excluding carboxylic acids is 2. The summed E-state index contributed by atoms with van der Waals surface area (Å²) in [6.07, 6.45) is 5.21. The van der Waals surface area contributed by atoms with Crippen molar-refractivity contribution in [2.45, 2.75) is 26.3 Å². The Balaban J connectivity index is 1.79. The molecule has 0 radical (unpaired) electrons. The van der Waals surface area contributed by atoms with Gasteiger partial charge in [-0.05, 0) is 12.8 Å². The minimum atomic E-state index is -0.577. The molecule has 1 aromatic carbocycles. The van der Waals surface area contributed by atoms with Crippen molar-refractivity contribution in [3.63, 3.8) is 0 Å². The number of amides is 2. The molecule has 2 amide bonds. The number of rotatable bonds is 7. The lowest BCUT2D eigenvalue weighted by molar-refractivity contribution is -0.139. The van der Waals surface area contributed by atoms with Gasteiger partial charge >= 0.3 is 11.8 Å². The number of imidazole rings is 1. The van der Waals surface area contributed by atoms with Crippen LogP contribution in [0.1, 0.15) is 19.8 Å². The summed E-state index contributed by atoms with van der Waals surface area (Å²) in [7, 11) is 0. The van der Waals surface area contributed by atoms with Crippen LogP contribution in [-0.2, 0) is 16.1 Å². The van der Waals surface area contributed by atoms with Gasteiger partial charge in [0.1, 0.15) is 5.82 Å². The standard InChI is InChI=1S/C17H22N4O2/c1-2-9-19-16(22)17(23)20-10-6-12-21-13-11-18-15(21)14-7-4-3-5-8-14/h3-5,7-8,11,13H,2,6,9-10,12H2,1H3,(H,19,22)(H,20,23). The second-order valence-corrected chi connectivity index (χ2v) is 5.18. The Hall–Kier alpha value is -2.63. The Morgan fingerprint density at radius 1 is 1.09 bits per heavy atom. The molecule has 0 bridgehead atoms. The summed E-state index contributed by atoms with van der Waals surface area (Å²) >= 11 is 0. The van der Waals surface area contributed by atoms with E-state index < -0.39 is 11.8 Å². The zero-order valence-corrected chi connectivity index (χ0v) is 13.3. The van der Waals surface area contributed by atoms with Gasteiger partial charge in [0, 0.05) is 37.6 Å². The predicted molar refractivity (Wildman–Crippen MR) is 88.6 cm³/mol. The molecule has 0 saturated heterocycles.